The predicted molar refractivity (Wildman–Crippen MR) is 101 cm³/mol. The van der Waals surface area contributed by atoms with Crippen LogP contribution in [-0.4, -0.2) is 33.7 Å². The molecule has 2 rings (SSSR count). The van der Waals surface area contributed by atoms with E-state index < -0.39 is 0 Å². The average molecular weight is 350 g/mol. The van der Waals surface area contributed by atoms with Crippen molar-refractivity contribution in [3.8, 4) is 11.5 Å². The van der Waals surface area contributed by atoms with E-state index in [1.165, 1.54) is 44.1 Å². The van der Waals surface area contributed by atoms with E-state index in [0.29, 0.717) is 0 Å². The Morgan fingerprint density at radius 1 is 0.960 bits per heavy atom. The van der Waals surface area contributed by atoms with Crippen molar-refractivity contribution in [2.45, 2.75) is 71.0 Å². The first-order valence-electron chi connectivity index (χ1n) is 9.69. The number of methoxy groups -OCH3 is 2. The molecular formula is C21H34O4. The Bertz CT molecular complexity index is 470. The summed E-state index contributed by atoms with van der Waals surface area (Å²) >= 11 is 0. The second-order valence-corrected chi connectivity index (χ2v) is 6.81. The summed E-state index contributed by atoms with van der Waals surface area (Å²) in [5, 5.41) is 0. The second-order valence-electron chi connectivity index (χ2n) is 6.81. The van der Waals surface area contributed by atoms with Gasteiger partial charge in [-0.05, 0) is 63.1 Å². The molecule has 1 atom stereocenters. The van der Waals surface area contributed by atoms with Gasteiger partial charge in [-0.1, -0.05) is 19.3 Å². The van der Waals surface area contributed by atoms with Crippen LogP contribution in [0, 0.1) is 6.92 Å². The molecule has 1 aliphatic heterocycles. The summed E-state index contributed by atoms with van der Waals surface area (Å²) in [5.74, 6) is 1.83. The van der Waals surface area contributed by atoms with Crippen LogP contribution in [0.25, 0.3) is 0 Å². The van der Waals surface area contributed by atoms with Gasteiger partial charge >= 0.3 is 0 Å². The van der Waals surface area contributed by atoms with Crippen molar-refractivity contribution in [2.24, 2.45) is 0 Å². The highest BCUT2D eigenvalue weighted by atomic mass is 16.7. The van der Waals surface area contributed by atoms with Crippen LogP contribution in [0.1, 0.15) is 62.5 Å². The van der Waals surface area contributed by atoms with E-state index in [0.717, 1.165) is 49.5 Å². The maximum absolute atomic E-state index is 5.77. The number of ether oxygens (including phenoxy) is 4. The van der Waals surface area contributed by atoms with Crippen LogP contribution in [-0.2, 0) is 15.9 Å². The van der Waals surface area contributed by atoms with Crippen LogP contribution in [0.5, 0.6) is 11.5 Å². The van der Waals surface area contributed by atoms with Crippen molar-refractivity contribution in [3.05, 3.63) is 23.3 Å². The Morgan fingerprint density at radius 3 is 2.28 bits per heavy atom. The average Bonchev–Trinajstić information content (AvgIpc) is 2.65. The molecule has 0 bridgehead atoms. The molecule has 0 spiro atoms. The van der Waals surface area contributed by atoms with Gasteiger partial charge in [0.25, 0.3) is 0 Å². The third-order valence-corrected chi connectivity index (χ3v) is 4.86. The van der Waals surface area contributed by atoms with Crippen molar-refractivity contribution >= 4 is 0 Å². The smallest absolute Gasteiger partial charge is 0.157 e. The van der Waals surface area contributed by atoms with E-state index in [-0.39, 0.29) is 6.29 Å². The summed E-state index contributed by atoms with van der Waals surface area (Å²) in [6.07, 6.45) is 10.7. The number of unbranched alkanes of at least 4 members (excludes halogenated alkanes) is 4. The van der Waals surface area contributed by atoms with E-state index >= 15 is 0 Å². The van der Waals surface area contributed by atoms with Gasteiger partial charge in [0, 0.05) is 18.8 Å². The zero-order valence-corrected chi connectivity index (χ0v) is 16.1. The molecular weight excluding hydrogens is 316 g/mol. The lowest BCUT2D eigenvalue weighted by Crippen LogP contribution is -2.22. The normalized spacial score (nSPS) is 17.5. The summed E-state index contributed by atoms with van der Waals surface area (Å²) in [7, 11) is 3.43. The Hall–Kier alpha value is -1.26. The van der Waals surface area contributed by atoms with E-state index in [1.807, 2.05) is 6.92 Å². The molecule has 1 unspecified atom stereocenters. The minimum atomic E-state index is 0.0558. The molecule has 25 heavy (non-hydrogen) atoms. The van der Waals surface area contributed by atoms with Crippen LogP contribution in [0.3, 0.4) is 0 Å². The van der Waals surface area contributed by atoms with Gasteiger partial charge in [-0.25, -0.2) is 0 Å². The van der Waals surface area contributed by atoms with E-state index in [2.05, 4.69) is 12.1 Å². The molecule has 1 fully saturated rings. The monoisotopic (exact) mass is 350 g/mol. The largest absolute Gasteiger partial charge is 0.496 e. The first-order chi connectivity index (χ1) is 12.2. The quantitative estimate of drug-likeness (QED) is 0.523. The van der Waals surface area contributed by atoms with Gasteiger partial charge in [0.15, 0.2) is 6.29 Å². The first-order valence-corrected chi connectivity index (χ1v) is 9.69. The Morgan fingerprint density at radius 2 is 1.64 bits per heavy atom. The fourth-order valence-electron chi connectivity index (χ4n) is 3.30. The molecule has 1 aromatic carbocycles. The maximum atomic E-state index is 5.77. The number of aryl methyl sites for hydroxylation is 1. The number of hydrogen-bond acceptors (Lipinski definition) is 4. The number of benzene rings is 1. The van der Waals surface area contributed by atoms with E-state index in [1.54, 1.807) is 14.2 Å². The van der Waals surface area contributed by atoms with E-state index in [9.17, 15) is 0 Å². The summed E-state index contributed by atoms with van der Waals surface area (Å²) in [5.41, 5.74) is 2.35. The highest BCUT2D eigenvalue weighted by Crippen LogP contribution is 2.30. The molecule has 1 saturated heterocycles. The van der Waals surface area contributed by atoms with Gasteiger partial charge in [-0.15, -0.1) is 0 Å². The summed E-state index contributed by atoms with van der Waals surface area (Å²) in [6.45, 7) is 3.72. The molecule has 0 amide bonds. The molecule has 1 aliphatic rings. The number of hydrogen-bond donors (Lipinski definition) is 0. The summed E-state index contributed by atoms with van der Waals surface area (Å²) < 4.78 is 22.2. The molecule has 0 saturated carbocycles. The van der Waals surface area contributed by atoms with Gasteiger partial charge in [0.05, 0.1) is 14.2 Å². The first kappa shape index (κ1) is 20.1. The van der Waals surface area contributed by atoms with Crippen LogP contribution >= 0.6 is 0 Å². The number of rotatable bonds is 11. The summed E-state index contributed by atoms with van der Waals surface area (Å²) in [6, 6.07) is 4.27. The topological polar surface area (TPSA) is 36.9 Å². The van der Waals surface area contributed by atoms with Crippen molar-refractivity contribution in [1.82, 2.24) is 0 Å². The standard InChI is InChI=1S/C21H34O4/c1-17-19(22-2)15-18(16-20(17)23-3)11-7-5-4-6-9-13-24-21-12-8-10-14-25-21/h15-16,21H,4-14H2,1-3H3. The van der Waals surface area contributed by atoms with Crippen molar-refractivity contribution in [2.75, 3.05) is 27.4 Å². The lowest BCUT2D eigenvalue weighted by atomic mass is 10.0. The summed E-state index contributed by atoms with van der Waals surface area (Å²) in [4.78, 5) is 0. The van der Waals surface area contributed by atoms with Gasteiger partial charge < -0.3 is 18.9 Å². The third kappa shape index (κ3) is 6.87. The molecule has 0 aromatic heterocycles. The lowest BCUT2D eigenvalue weighted by molar-refractivity contribution is -0.162. The van der Waals surface area contributed by atoms with Gasteiger partial charge in [-0.3, -0.25) is 0 Å². The molecule has 0 aliphatic carbocycles. The SMILES string of the molecule is COc1cc(CCCCCCCOC2CCCCO2)cc(OC)c1C. The van der Waals surface area contributed by atoms with Gasteiger partial charge in [0.2, 0.25) is 0 Å². The van der Waals surface area contributed by atoms with Gasteiger partial charge in [-0.2, -0.15) is 0 Å². The Balaban J connectivity index is 1.56. The van der Waals surface area contributed by atoms with Crippen molar-refractivity contribution in [3.63, 3.8) is 0 Å². The van der Waals surface area contributed by atoms with Crippen molar-refractivity contribution in [1.29, 1.82) is 0 Å². The highest BCUT2D eigenvalue weighted by molar-refractivity contribution is 5.47. The second kappa shape index (κ2) is 11.4. The fourth-order valence-corrected chi connectivity index (χ4v) is 3.30. The Labute approximate surface area is 152 Å². The van der Waals surface area contributed by atoms with E-state index in [4.69, 9.17) is 18.9 Å². The van der Waals surface area contributed by atoms with Crippen LogP contribution in [0.15, 0.2) is 12.1 Å². The molecule has 4 heteroatoms. The molecule has 1 aromatic rings. The minimum Gasteiger partial charge on any atom is -0.496 e. The van der Waals surface area contributed by atoms with Crippen LogP contribution in [0.2, 0.25) is 0 Å². The van der Waals surface area contributed by atoms with Crippen LogP contribution < -0.4 is 9.47 Å². The molecule has 0 N–H and O–H groups in total. The fraction of sp³-hybridized carbons (Fsp3) is 0.714. The molecule has 142 valence electrons. The van der Waals surface area contributed by atoms with Crippen LogP contribution in [0.4, 0.5) is 0 Å². The lowest BCUT2D eigenvalue weighted by Gasteiger charge is -2.22. The Kier molecular flexibility index (Phi) is 9.12. The molecule has 0 radical (unpaired) electrons. The molecule has 4 nitrogen and oxygen atoms in total. The zero-order valence-electron chi connectivity index (χ0n) is 16.1. The van der Waals surface area contributed by atoms with Crippen molar-refractivity contribution < 1.29 is 18.9 Å². The maximum Gasteiger partial charge on any atom is 0.157 e. The zero-order chi connectivity index (χ0) is 17.9. The molecule has 1 heterocycles. The minimum absolute atomic E-state index is 0.0558. The van der Waals surface area contributed by atoms with Gasteiger partial charge in [0.1, 0.15) is 11.5 Å². The third-order valence-electron chi connectivity index (χ3n) is 4.86. The predicted octanol–water partition coefficient (Wildman–Crippen LogP) is 5.05. The highest BCUT2D eigenvalue weighted by Gasteiger charge is 2.13.